The highest BCUT2D eigenvalue weighted by Crippen LogP contribution is 2.32. The monoisotopic (exact) mass is 416 g/mol. The van der Waals surface area contributed by atoms with E-state index in [1.54, 1.807) is 0 Å². The van der Waals surface area contributed by atoms with Gasteiger partial charge in [-0.3, -0.25) is 4.79 Å². The number of benzene rings is 3. The lowest BCUT2D eigenvalue weighted by molar-refractivity contribution is -0.125. The molecule has 158 valence electrons. The van der Waals surface area contributed by atoms with E-state index in [4.69, 9.17) is 14.3 Å². The summed E-state index contributed by atoms with van der Waals surface area (Å²) in [6.07, 6.45) is 0. The Bertz CT molecular complexity index is 1010. The number of amides is 1. The van der Waals surface area contributed by atoms with Crippen LogP contribution in [0.15, 0.2) is 84.0 Å². The van der Waals surface area contributed by atoms with Gasteiger partial charge in [-0.05, 0) is 36.2 Å². The minimum atomic E-state index is -0.223. The molecule has 0 bridgehead atoms. The van der Waals surface area contributed by atoms with Crippen molar-refractivity contribution in [3.8, 4) is 11.5 Å². The Morgan fingerprint density at radius 1 is 0.968 bits per heavy atom. The smallest absolute Gasteiger partial charge is 0.260 e. The Morgan fingerprint density at radius 2 is 1.61 bits per heavy atom. The van der Waals surface area contributed by atoms with Crippen molar-refractivity contribution in [2.75, 3.05) is 19.9 Å². The number of fused-ring (bicyclic) bond motifs is 1. The molecule has 1 amide bonds. The topological polar surface area (TPSA) is 69.2 Å². The first-order chi connectivity index (χ1) is 15.2. The molecule has 0 unspecified atom stereocenters. The molecule has 0 saturated heterocycles. The van der Waals surface area contributed by atoms with E-state index >= 15 is 0 Å². The van der Waals surface area contributed by atoms with Gasteiger partial charge >= 0.3 is 0 Å². The second-order valence-electron chi connectivity index (χ2n) is 7.20. The van der Waals surface area contributed by atoms with E-state index < -0.39 is 0 Å². The van der Waals surface area contributed by atoms with Gasteiger partial charge in [0.1, 0.15) is 0 Å². The number of ether oxygens (including phenoxy) is 2. The molecule has 3 aromatic carbocycles. The van der Waals surface area contributed by atoms with Crippen LogP contribution in [0.3, 0.4) is 0 Å². The van der Waals surface area contributed by atoms with Crippen LogP contribution in [0.1, 0.15) is 29.5 Å². The second kappa shape index (κ2) is 9.80. The van der Waals surface area contributed by atoms with E-state index in [2.05, 4.69) is 34.7 Å². The molecule has 0 aromatic heterocycles. The van der Waals surface area contributed by atoms with Crippen LogP contribution in [-0.2, 0) is 9.63 Å². The van der Waals surface area contributed by atoms with Crippen molar-refractivity contribution in [1.29, 1.82) is 0 Å². The van der Waals surface area contributed by atoms with Gasteiger partial charge in [-0.15, -0.1) is 0 Å². The molecule has 0 fully saturated rings. The molecule has 4 rings (SSSR count). The minimum Gasteiger partial charge on any atom is -0.454 e. The van der Waals surface area contributed by atoms with E-state index in [-0.39, 0.29) is 25.2 Å². The normalized spacial score (nSPS) is 12.6. The Morgan fingerprint density at radius 3 is 2.29 bits per heavy atom. The van der Waals surface area contributed by atoms with Crippen LogP contribution in [0.5, 0.6) is 11.5 Å². The van der Waals surface area contributed by atoms with Gasteiger partial charge in [0.05, 0.1) is 5.71 Å². The summed E-state index contributed by atoms with van der Waals surface area (Å²) in [5.41, 5.74) is 3.79. The van der Waals surface area contributed by atoms with E-state index in [0.29, 0.717) is 23.8 Å². The molecule has 1 heterocycles. The zero-order chi connectivity index (χ0) is 21.5. The maximum Gasteiger partial charge on any atom is 0.260 e. The van der Waals surface area contributed by atoms with Crippen LogP contribution >= 0.6 is 0 Å². The largest absolute Gasteiger partial charge is 0.454 e. The summed E-state index contributed by atoms with van der Waals surface area (Å²) in [5, 5.41) is 7.02. The molecular weight excluding hydrogens is 392 g/mol. The van der Waals surface area contributed by atoms with Crippen LogP contribution in [-0.4, -0.2) is 31.6 Å². The van der Waals surface area contributed by atoms with Crippen LogP contribution in [0.25, 0.3) is 0 Å². The zero-order valence-electron chi connectivity index (χ0n) is 17.3. The summed E-state index contributed by atoms with van der Waals surface area (Å²) in [4.78, 5) is 17.6. The summed E-state index contributed by atoms with van der Waals surface area (Å²) < 4.78 is 10.7. The number of nitrogens with one attached hydrogen (secondary N) is 1. The third-order valence-electron chi connectivity index (χ3n) is 5.09. The zero-order valence-corrected chi connectivity index (χ0v) is 17.3. The summed E-state index contributed by atoms with van der Waals surface area (Å²) in [5.74, 6) is 1.23. The van der Waals surface area contributed by atoms with Gasteiger partial charge in [-0.2, -0.15) is 0 Å². The Labute approximate surface area is 181 Å². The molecule has 6 nitrogen and oxygen atoms in total. The van der Waals surface area contributed by atoms with E-state index in [0.717, 1.165) is 16.7 Å². The van der Waals surface area contributed by atoms with Crippen LogP contribution in [0, 0.1) is 0 Å². The molecule has 3 aromatic rings. The van der Waals surface area contributed by atoms with Crippen molar-refractivity contribution in [3.63, 3.8) is 0 Å². The van der Waals surface area contributed by atoms with Crippen molar-refractivity contribution >= 4 is 11.6 Å². The summed E-state index contributed by atoms with van der Waals surface area (Å²) in [7, 11) is 0. The second-order valence-corrected chi connectivity index (χ2v) is 7.20. The molecule has 0 atom stereocenters. The van der Waals surface area contributed by atoms with Crippen LogP contribution in [0.4, 0.5) is 0 Å². The number of oxime groups is 1. The molecule has 31 heavy (non-hydrogen) atoms. The molecule has 0 radical (unpaired) electrons. The first-order valence-corrected chi connectivity index (χ1v) is 10.1. The predicted molar refractivity (Wildman–Crippen MR) is 118 cm³/mol. The van der Waals surface area contributed by atoms with Crippen molar-refractivity contribution in [1.82, 2.24) is 5.32 Å². The molecular formula is C25H24N2O4. The summed E-state index contributed by atoms with van der Waals surface area (Å²) in [6.45, 7) is 2.36. The standard InChI is InChI=1S/C25H24N2O4/c1-18(21-12-13-23-24(14-21)30-17-29-23)27-31-16-25(28)26-15-22(19-8-4-2-5-9-19)20-10-6-3-7-11-20/h2-14,22H,15-17H2,1H3,(H,26,28)/b27-18-. The van der Waals surface area contributed by atoms with Gasteiger partial charge < -0.3 is 19.6 Å². The predicted octanol–water partition coefficient (Wildman–Crippen LogP) is 4.10. The quantitative estimate of drug-likeness (QED) is 0.443. The first kappa shape index (κ1) is 20.5. The highest BCUT2D eigenvalue weighted by Gasteiger charge is 2.16. The number of rotatable bonds is 8. The fourth-order valence-corrected chi connectivity index (χ4v) is 3.43. The lowest BCUT2D eigenvalue weighted by Gasteiger charge is -2.18. The molecule has 0 aliphatic carbocycles. The highest BCUT2D eigenvalue weighted by atomic mass is 16.7. The van der Waals surface area contributed by atoms with Gasteiger partial charge in [0.2, 0.25) is 6.79 Å². The first-order valence-electron chi connectivity index (χ1n) is 10.1. The van der Waals surface area contributed by atoms with Gasteiger partial charge in [-0.25, -0.2) is 0 Å². The van der Waals surface area contributed by atoms with Crippen molar-refractivity contribution in [2.45, 2.75) is 12.8 Å². The fraction of sp³-hybridized carbons (Fsp3) is 0.200. The summed E-state index contributed by atoms with van der Waals surface area (Å²) in [6, 6.07) is 25.8. The maximum absolute atomic E-state index is 12.3. The van der Waals surface area contributed by atoms with E-state index in [1.165, 1.54) is 0 Å². The van der Waals surface area contributed by atoms with Gasteiger partial charge in [0.25, 0.3) is 5.91 Å². The SMILES string of the molecule is C/C(=N/OCC(=O)NCC(c1ccccc1)c1ccccc1)c1ccc2c(c1)OCO2. The molecule has 6 heteroatoms. The van der Waals surface area contributed by atoms with Crippen molar-refractivity contribution in [3.05, 3.63) is 95.6 Å². The fourth-order valence-electron chi connectivity index (χ4n) is 3.43. The number of hydrogen-bond acceptors (Lipinski definition) is 5. The number of carbonyl (C=O) groups is 1. The molecule has 1 N–H and O–H groups in total. The maximum atomic E-state index is 12.3. The number of carbonyl (C=O) groups excluding carboxylic acids is 1. The molecule has 1 aliphatic rings. The minimum absolute atomic E-state index is 0.0604. The lowest BCUT2D eigenvalue weighted by Crippen LogP contribution is -2.31. The van der Waals surface area contributed by atoms with Crippen molar-refractivity contribution in [2.24, 2.45) is 5.16 Å². The highest BCUT2D eigenvalue weighted by molar-refractivity contribution is 5.99. The number of nitrogens with zero attached hydrogens (tertiary/aromatic N) is 1. The number of hydrogen-bond donors (Lipinski definition) is 1. The van der Waals surface area contributed by atoms with Gasteiger partial charge in [0, 0.05) is 18.0 Å². The van der Waals surface area contributed by atoms with Gasteiger partial charge in [-0.1, -0.05) is 65.8 Å². The Hall–Kier alpha value is -3.80. The third kappa shape index (κ3) is 5.22. The van der Waals surface area contributed by atoms with Gasteiger partial charge in [0.15, 0.2) is 18.1 Å². The summed E-state index contributed by atoms with van der Waals surface area (Å²) >= 11 is 0. The van der Waals surface area contributed by atoms with Crippen molar-refractivity contribution < 1.29 is 19.1 Å². The van der Waals surface area contributed by atoms with Crippen LogP contribution in [0.2, 0.25) is 0 Å². The average molecular weight is 416 g/mol. The molecule has 0 spiro atoms. The Kier molecular flexibility index (Phi) is 6.47. The third-order valence-corrected chi connectivity index (χ3v) is 5.09. The average Bonchev–Trinajstić information content (AvgIpc) is 3.28. The van der Waals surface area contributed by atoms with E-state index in [9.17, 15) is 4.79 Å². The lowest BCUT2D eigenvalue weighted by atomic mass is 9.91. The molecule has 0 saturated carbocycles. The van der Waals surface area contributed by atoms with Crippen LogP contribution < -0.4 is 14.8 Å². The molecule has 1 aliphatic heterocycles. The van der Waals surface area contributed by atoms with E-state index in [1.807, 2.05) is 61.5 Å². The Balaban J connectivity index is 1.33.